The third kappa shape index (κ3) is 5.60. The van der Waals surface area contributed by atoms with Crippen molar-refractivity contribution >= 4 is 19.2 Å². The molecule has 0 saturated carbocycles. The molecule has 0 fully saturated rings. The molecule has 8 nitrogen and oxygen atoms in total. The molecule has 3 heterocycles. The zero-order valence-electron chi connectivity index (χ0n) is 22.3. The van der Waals surface area contributed by atoms with Gasteiger partial charge in [0, 0.05) is 30.0 Å². The van der Waals surface area contributed by atoms with Crippen molar-refractivity contribution in [3.8, 4) is 28.4 Å². The number of carbonyl (C=O) groups excluding carboxylic acids is 1. The van der Waals surface area contributed by atoms with Gasteiger partial charge in [0.15, 0.2) is 5.82 Å². The zero-order valence-corrected chi connectivity index (χ0v) is 23.3. The molecule has 2 aromatic heterocycles. The number of alkyl halides is 3. The number of methoxy groups -OCH3 is 1. The number of benzene rings is 1. The van der Waals surface area contributed by atoms with Crippen LogP contribution in [0.4, 0.5) is 13.2 Å². The molecule has 0 spiro atoms. The number of pyridine rings is 1. The summed E-state index contributed by atoms with van der Waals surface area (Å²) in [5.74, 6) is -1.04. The first-order valence-electron chi connectivity index (χ1n) is 12.2. The van der Waals surface area contributed by atoms with Crippen molar-refractivity contribution < 1.29 is 32.2 Å². The molecule has 0 unspecified atom stereocenters. The first-order valence-corrected chi connectivity index (χ1v) is 15.4. The van der Waals surface area contributed by atoms with Gasteiger partial charge in [-0.25, -0.2) is 14.6 Å². The summed E-state index contributed by atoms with van der Waals surface area (Å²) in [7, 11) is -0.826. The van der Waals surface area contributed by atoms with Crippen LogP contribution in [0.15, 0.2) is 30.5 Å². The second-order valence-electron chi connectivity index (χ2n) is 10.7. The zero-order chi connectivity index (χ0) is 27.9. The van der Waals surface area contributed by atoms with E-state index >= 15 is 0 Å². The average molecular weight is 549 g/mol. The van der Waals surface area contributed by atoms with E-state index in [1.54, 1.807) is 32.2 Å². The molecule has 12 heteroatoms. The lowest BCUT2D eigenvalue weighted by Gasteiger charge is -2.26. The van der Waals surface area contributed by atoms with E-state index < -0.39 is 25.5 Å². The van der Waals surface area contributed by atoms with Crippen LogP contribution in [0.2, 0.25) is 19.1 Å². The summed E-state index contributed by atoms with van der Waals surface area (Å²) in [4.78, 5) is 20.2. The van der Waals surface area contributed by atoms with E-state index in [1.165, 1.54) is 7.11 Å². The summed E-state index contributed by atoms with van der Waals surface area (Å²) >= 11 is 0. The molecular weight excluding hydrogens is 517 g/mol. The van der Waals surface area contributed by atoms with Gasteiger partial charge in [-0.15, -0.1) is 5.10 Å². The highest BCUT2D eigenvalue weighted by atomic mass is 28.3. The van der Waals surface area contributed by atoms with E-state index in [-0.39, 0.29) is 25.1 Å². The summed E-state index contributed by atoms with van der Waals surface area (Å²) in [6.07, 6.45) is -2.95. The van der Waals surface area contributed by atoms with Crippen molar-refractivity contribution in [1.29, 1.82) is 0 Å². The molecule has 0 saturated heterocycles. The Hall–Kier alpha value is -3.25. The molecule has 1 aromatic carbocycles. The minimum Gasteiger partial charge on any atom is -0.476 e. The summed E-state index contributed by atoms with van der Waals surface area (Å²) in [6.45, 7) is 9.84. The summed E-state index contributed by atoms with van der Waals surface area (Å²) in [5, 5.41) is 5.11. The Balaban J connectivity index is 1.71. The van der Waals surface area contributed by atoms with E-state index in [0.717, 1.165) is 32.6 Å². The van der Waals surface area contributed by atoms with E-state index in [1.807, 2.05) is 19.1 Å². The lowest BCUT2D eigenvalue weighted by Crippen LogP contribution is -2.43. The highest BCUT2D eigenvalue weighted by molar-refractivity contribution is 6.90. The minimum absolute atomic E-state index is 0.0387. The van der Waals surface area contributed by atoms with E-state index in [2.05, 4.69) is 28.2 Å². The SMILES string of the molecule is COC(=O)C(C)(C)COc1cc(C)c(-c2ccc3c(c2)[Si](C)(C)CCOCn2nc-3nc2C(F)(F)F)cn1. The lowest BCUT2D eigenvalue weighted by molar-refractivity contribution is -0.152. The standard InChI is InChI=1S/C26H31F3N4O4Si/c1-16-11-21(37-14-25(2,3)24(34)35-4)30-13-19(16)17-7-8-18-20(12-17)38(5,6)10-9-36-15-33-23(26(27,28)29)31-22(18)32-33/h7-8,11-13H,9-10,14-15H2,1-6H3. The number of fused-ring (bicyclic) bond motifs is 4. The number of ether oxygens (including phenoxy) is 3. The molecule has 38 heavy (non-hydrogen) atoms. The van der Waals surface area contributed by atoms with Crippen LogP contribution in [0.1, 0.15) is 25.2 Å². The van der Waals surface area contributed by atoms with Gasteiger partial charge in [0.05, 0.1) is 20.6 Å². The maximum atomic E-state index is 13.6. The highest BCUT2D eigenvalue weighted by Crippen LogP contribution is 2.33. The Labute approximate surface area is 220 Å². The fourth-order valence-electron chi connectivity index (χ4n) is 4.34. The second-order valence-corrected chi connectivity index (χ2v) is 15.5. The third-order valence-electron chi connectivity index (χ3n) is 6.72. The number of aromatic nitrogens is 4. The van der Waals surface area contributed by atoms with Crippen LogP contribution in [0.3, 0.4) is 0 Å². The minimum atomic E-state index is -4.64. The predicted molar refractivity (Wildman–Crippen MR) is 138 cm³/mol. The Kier molecular flexibility index (Phi) is 7.41. The van der Waals surface area contributed by atoms with Crippen molar-refractivity contribution in [3.63, 3.8) is 0 Å². The van der Waals surface area contributed by atoms with E-state index in [9.17, 15) is 18.0 Å². The smallest absolute Gasteiger partial charge is 0.451 e. The topological polar surface area (TPSA) is 88.4 Å². The molecule has 0 aliphatic carbocycles. The molecular formula is C26H31F3N4O4Si. The number of rotatable bonds is 5. The number of carbonyl (C=O) groups is 1. The van der Waals surface area contributed by atoms with Crippen molar-refractivity contribution in [2.24, 2.45) is 5.41 Å². The molecule has 1 aliphatic heterocycles. The second kappa shape index (κ2) is 10.1. The van der Waals surface area contributed by atoms with Crippen LogP contribution in [0.25, 0.3) is 22.5 Å². The molecule has 2 bridgehead atoms. The van der Waals surface area contributed by atoms with Gasteiger partial charge >= 0.3 is 12.1 Å². The Bertz CT molecular complexity index is 1350. The van der Waals surface area contributed by atoms with Crippen molar-refractivity contribution in [2.45, 2.75) is 52.8 Å². The maximum Gasteiger partial charge on any atom is 0.451 e. The van der Waals surface area contributed by atoms with E-state index in [4.69, 9.17) is 14.2 Å². The fraction of sp³-hybridized carbons (Fsp3) is 0.462. The largest absolute Gasteiger partial charge is 0.476 e. The van der Waals surface area contributed by atoms with Gasteiger partial charge in [-0.3, -0.25) is 4.79 Å². The van der Waals surface area contributed by atoms with Crippen molar-refractivity contribution in [1.82, 2.24) is 19.7 Å². The number of halogens is 3. The number of aryl methyl sites for hydroxylation is 1. The first kappa shape index (κ1) is 27.8. The average Bonchev–Trinajstić information content (AvgIpc) is 3.28. The van der Waals surface area contributed by atoms with Gasteiger partial charge in [0.25, 0.3) is 0 Å². The van der Waals surface area contributed by atoms with Gasteiger partial charge < -0.3 is 14.2 Å². The van der Waals surface area contributed by atoms with Crippen LogP contribution >= 0.6 is 0 Å². The summed E-state index contributed by atoms with van der Waals surface area (Å²) < 4.78 is 57.7. The Morgan fingerprint density at radius 1 is 1.18 bits per heavy atom. The fourth-order valence-corrected chi connectivity index (χ4v) is 6.73. The summed E-state index contributed by atoms with van der Waals surface area (Å²) in [5.41, 5.74) is 2.41. The number of hydrogen-bond acceptors (Lipinski definition) is 7. The molecule has 0 atom stereocenters. The van der Waals surface area contributed by atoms with Gasteiger partial charge in [-0.05, 0) is 43.1 Å². The van der Waals surface area contributed by atoms with Gasteiger partial charge in [0.2, 0.25) is 11.7 Å². The van der Waals surface area contributed by atoms with Crippen LogP contribution in [0, 0.1) is 12.3 Å². The number of esters is 1. The number of hydrogen-bond donors (Lipinski definition) is 0. The van der Waals surface area contributed by atoms with Crippen molar-refractivity contribution in [3.05, 3.63) is 41.9 Å². The van der Waals surface area contributed by atoms with Gasteiger partial charge in [-0.1, -0.05) is 31.3 Å². The lowest BCUT2D eigenvalue weighted by atomic mass is 9.95. The highest BCUT2D eigenvalue weighted by Gasteiger charge is 2.39. The third-order valence-corrected chi connectivity index (χ3v) is 10.0. The van der Waals surface area contributed by atoms with Crippen LogP contribution in [-0.4, -0.2) is 54.1 Å². The number of nitrogens with zero attached hydrogens (tertiary/aromatic N) is 4. The molecule has 204 valence electrons. The predicted octanol–water partition coefficient (Wildman–Crippen LogP) is 4.82. The first-order chi connectivity index (χ1) is 17.7. The van der Waals surface area contributed by atoms with Crippen LogP contribution in [0.5, 0.6) is 5.88 Å². The summed E-state index contributed by atoms with van der Waals surface area (Å²) in [6, 6.07) is 8.19. The Morgan fingerprint density at radius 2 is 1.92 bits per heavy atom. The van der Waals surface area contributed by atoms with Crippen LogP contribution in [-0.2, 0) is 27.2 Å². The van der Waals surface area contributed by atoms with Crippen molar-refractivity contribution in [2.75, 3.05) is 20.3 Å². The normalized spacial score (nSPS) is 15.5. The van der Waals surface area contributed by atoms with E-state index in [0.29, 0.717) is 18.1 Å². The maximum absolute atomic E-state index is 13.6. The molecule has 0 radical (unpaired) electrons. The molecule has 1 aliphatic rings. The van der Waals surface area contributed by atoms with Gasteiger partial charge in [-0.2, -0.15) is 13.2 Å². The molecule has 4 rings (SSSR count). The molecule has 0 amide bonds. The monoisotopic (exact) mass is 548 g/mol. The quantitative estimate of drug-likeness (QED) is 0.334. The molecule has 3 aromatic rings. The molecule has 0 N–H and O–H groups in total. The Morgan fingerprint density at radius 3 is 2.58 bits per heavy atom. The van der Waals surface area contributed by atoms with Gasteiger partial charge in [0.1, 0.15) is 13.3 Å². The van der Waals surface area contributed by atoms with Crippen LogP contribution < -0.4 is 9.92 Å².